The zero-order valence-corrected chi connectivity index (χ0v) is 29.0. The standard InChI is InChI=1S/C35H60N2O8/c1-10-28(39)26(5)33-30(43-33)22-35(6,42)18-11-13-24(3)32-25(4)15-17-29(23(2)14-16-27(38)21-31(40)45-32)44-34(41)37(9)20-12-19-36(7)8/h11,13,15,17-18,23,25-30,32-33,38-39,42H,10,12,14,16,19-22H2,1-9H3. The molecule has 1 amide bonds. The van der Waals surface area contributed by atoms with E-state index in [-0.39, 0.29) is 36.4 Å². The van der Waals surface area contributed by atoms with E-state index in [4.69, 9.17) is 14.2 Å². The normalized spacial score (nSPS) is 31.0. The Labute approximate surface area is 271 Å². The summed E-state index contributed by atoms with van der Waals surface area (Å²) < 4.78 is 17.5. The van der Waals surface area contributed by atoms with E-state index in [0.717, 1.165) is 18.5 Å². The molecule has 2 rings (SSSR count). The second-order valence-electron chi connectivity index (χ2n) is 13.8. The van der Waals surface area contributed by atoms with Crippen LogP contribution in [0.2, 0.25) is 0 Å². The number of amides is 1. The molecule has 1 saturated heterocycles. The minimum Gasteiger partial charge on any atom is -0.457 e. The molecule has 0 saturated carbocycles. The fourth-order valence-corrected chi connectivity index (χ4v) is 5.72. The first-order valence-electron chi connectivity index (χ1n) is 16.6. The molecule has 10 nitrogen and oxygen atoms in total. The highest BCUT2D eigenvalue weighted by atomic mass is 16.6. The maximum atomic E-state index is 12.9. The number of allylic oxidation sites excluding steroid dienone is 2. The van der Waals surface area contributed by atoms with Gasteiger partial charge in [-0.05, 0) is 77.7 Å². The summed E-state index contributed by atoms with van der Waals surface area (Å²) in [5.41, 5.74) is -0.361. The Morgan fingerprint density at radius 1 is 1.20 bits per heavy atom. The smallest absolute Gasteiger partial charge is 0.410 e. The number of nitrogens with zero attached hydrogens (tertiary/aromatic N) is 2. The number of ether oxygens (including phenoxy) is 3. The van der Waals surface area contributed by atoms with E-state index < -0.39 is 42.1 Å². The molecule has 0 aliphatic carbocycles. The molecule has 258 valence electrons. The fraction of sp³-hybridized carbons (Fsp3) is 0.771. The van der Waals surface area contributed by atoms with Crippen molar-refractivity contribution in [3.8, 4) is 0 Å². The Kier molecular flexibility index (Phi) is 15.7. The molecule has 0 aromatic rings. The summed E-state index contributed by atoms with van der Waals surface area (Å²) in [6, 6.07) is 0. The zero-order chi connectivity index (χ0) is 33.9. The van der Waals surface area contributed by atoms with Crippen molar-refractivity contribution in [3.63, 3.8) is 0 Å². The Morgan fingerprint density at radius 2 is 1.89 bits per heavy atom. The highest BCUT2D eigenvalue weighted by Gasteiger charge is 2.47. The molecule has 2 aliphatic rings. The van der Waals surface area contributed by atoms with Gasteiger partial charge in [0.15, 0.2) is 0 Å². The van der Waals surface area contributed by atoms with Crippen LogP contribution < -0.4 is 0 Å². The van der Waals surface area contributed by atoms with Gasteiger partial charge >= 0.3 is 12.1 Å². The number of cyclic esters (lactones) is 1. The molecule has 10 heteroatoms. The van der Waals surface area contributed by atoms with Crippen molar-refractivity contribution in [2.45, 2.75) is 122 Å². The van der Waals surface area contributed by atoms with Crippen LogP contribution in [0.3, 0.4) is 0 Å². The number of hydrogen-bond donors (Lipinski definition) is 3. The quantitative estimate of drug-likeness (QED) is 0.116. The molecule has 2 aliphatic heterocycles. The average molecular weight is 637 g/mol. The van der Waals surface area contributed by atoms with Crippen LogP contribution in [0.25, 0.3) is 0 Å². The third kappa shape index (κ3) is 13.6. The van der Waals surface area contributed by atoms with Crippen molar-refractivity contribution in [1.82, 2.24) is 9.80 Å². The number of epoxide rings is 1. The van der Waals surface area contributed by atoms with Crippen LogP contribution in [0.5, 0.6) is 0 Å². The number of carbonyl (C=O) groups is 2. The Bertz CT molecular complexity index is 1030. The Hall–Kier alpha value is -2.24. The van der Waals surface area contributed by atoms with E-state index in [2.05, 4.69) is 4.90 Å². The molecule has 3 N–H and O–H groups in total. The molecule has 0 radical (unpaired) electrons. The topological polar surface area (TPSA) is 132 Å². The van der Waals surface area contributed by atoms with E-state index in [1.165, 1.54) is 0 Å². The Morgan fingerprint density at radius 3 is 2.53 bits per heavy atom. The van der Waals surface area contributed by atoms with Gasteiger partial charge in [-0.15, -0.1) is 0 Å². The number of hydrogen-bond acceptors (Lipinski definition) is 9. The summed E-state index contributed by atoms with van der Waals surface area (Å²) in [5, 5.41) is 31.7. The van der Waals surface area contributed by atoms with Gasteiger partial charge < -0.3 is 39.3 Å². The van der Waals surface area contributed by atoms with E-state index >= 15 is 0 Å². The number of rotatable bonds is 13. The minimum atomic E-state index is -1.13. The van der Waals surface area contributed by atoms with Gasteiger partial charge in [-0.25, -0.2) is 4.79 Å². The largest absolute Gasteiger partial charge is 0.457 e. The number of aliphatic hydroxyl groups is 3. The monoisotopic (exact) mass is 636 g/mol. The van der Waals surface area contributed by atoms with E-state index in [1.807, 2.05) is 66.9 Å². The maximum Gasteiger partial charge on any atom is 0.410 e. The summed E-state index contributed by atoms with van der Waals surface area (Å²) in [6.45, 7) is 12.8. The van der Waals surface area contributed by atoms with Crippen molar-refractivity contribution in [2.24, 2.45) is 17.8 Å². The molecule has 10 atom stereocenters. The van der Waals surface area contributed by atoms with Crippen molar-refractivity contribution >= 4 is 12.1 Å². The molecular weight excluding hydrogens is 576 g/mol. The van der Waals surface area contributed by atoms with Gasteiger partial charge in [-0.2, -0.15) is 0 Å². The summed E-state index contributed by atoms with van der Waals surface area (Å²) in [4.78, 5) is 29.4. The molecule has 45 heavy (non-hydrogen) atoms. The SMILES string of the molecule is CCC(O)C(C)C1OC1CC(C)(O)C=CC=C(C)C1OC(=O)CC(O)CCC(C)C(OC(=O)N(C)CCCN(C)C)C=CC1C. The van der Waals surface area contributed by atoms with Gasteiger partial charge in [-0.3, -0.25) is 4.79 Å². The van der Waals surface area contributed by atoms with Crippen molar-refractivity contribution < 1.29 is 39.1 Å². The second-order valence-corrected chi connectivity index (χ2v) is 13.8. The lowest BCUT2D eigenvalue weighted by Crippen LogP contribution is -2.35. The lowest BCUT2D eigenvalue weighted by atomic mass is 9.91. The summed E-state index contributed by atoms with van der Waals surface area (Å²) in [5.74, 6) is -0.798. The first kappa shape index (κ1) is 38.9. The Balaban J connectivity index is 2.15. The first-order chi connectivity index (χ1) is 21.0. The van der Waals surface area contributed by atoms with Crippen molar-refractivity contribution in [2.75, 3.05) is 34.2 Å². The van der Waals surface area contributed by atoms with Crippen LogP contribution in [0.15, 0.2) is 36.0 Å². The van der Waals surface area contributed by atoms with Crippen LogP contribution >= 0.6 is 0 Å². The summed E-state index contributed by atoms with van der Waals surface area (Å²) in [6.07, 6.45) is 8.79. The first-order valence-corrected chi connectivity index (χ1v) is 16.6. The molecular formula is C35H60N2O8. The lowest BCUT2D eigenvalue weighted by Gasteiger charge is -2.28. The predicted octanol–water partition coefficient (Wildman–Crippen LogP) is 4.48. The average Bonchev–Trinajstić information content (AvgIpc) is 3.72. The highest BCUT2D eigenvalue weighted by Crippen LogP contribution is 2.37. The molecule has 0 aromatic heterocycles. The van der Waals surface area contributed by atoms with Crippen LogP contribution in [-0.2, 0) is 19.0 Å². The minimum absolute atomic E-state index is 0.00543. The molecule has 0 aromatic carbocycles. The van der Waals surface area contributed by atoms with Gasteiger partial charge in [0.25, 0.3) is 0 Å². The van der Waals surface area contributed by atoms with Gasteiger partial charge in [0.05, 0.1) is 36.4 Å². The third-order valence-electron chi connectivity index (χ3n) is 8.95. The van der Waals surface area contributed by atoms with Gasteiger partial charge in [0, 0.05) is 31.8 Å². The molecule has 0 spiro atoms. The van der Waals surface area contributed by atoms with E-state index in [1.54, 1.807) is 31.0 Å². The van der Waals surface area contributed by atoms with Gasteiger partial charge in [0.1, 0.15) is 12.2 Å². The summed E-state index contributed by atoms with van der Waals surface area (Å²) in [7, 11) is 5.72. The molecule has 0 bridgehead atoms. The van der Waals surface area contributed by atoms with E-state index in [0.29, 0.717) is 32.2 Å². The predicted molar refractivity (Wildman–Crippen MR) is 176 cm³/mol. The van der Waals surface area contributed by atoms with Crippen LogP contribution in [0, 0.1) is 17.8 Å². The molecule has 1 fully saturated rings. The lowest BCUT2D eigenvalue weighted by molar-refractivity contribution is -0.151. The second kappa shape index (κ2) is 18.2. The van der Waals surface area contributed by atoms with Crippen LogP contribution in [-0.4, -0.2) is 114 Å². The van der Waals surface area contributed by atoms with Gasteiger partial charge in [-0.1, -0.05) is 52.0 Å². The summed E-state index contributed by atoms with van der Waals surface area (Å²) >= 11 is 0. The fourth-order valence-electron chi connectivity index (χ4n) is 5.72. The van der Waals surface area contributed by atoms with Crippen LogP contribution in [0.1, 0.15) is 80.1 Å². The number of aliphatic hydroxyl groups excluding tert-OH is 2. The molecule has 2 heterocycles. The van der Waals surface area contributed by atoms with Gasteiger partial charge in [0.2, 0.25) is 0 Å². The third-order valence-corrected chi connectivity index (χ3v) is 8.95. The highest BCUT2D eigenvalue weighted by molar-refractivity contribution is 5.70. The number of esters is 1. The number of carbonyl (C=O) groups excluding carboxylic acids is 2. The van der Waals surface area contributed by atoms with Crippen molar-refractivity contribution in [3.05, 3.63) is 36.0 Å². The van der Waals surface area contributed by atoms with Crippen molar-refractivity contribution in [1.29, 1.82) is 0 Å². The molecule has 10 unspecified atom stereocenters. The zero-order valence-electron chi connectivity index (χ0n) is 29.0. The van der Waals surface area contributed by atoms with Crippen LogP contribution in [0.4, 0.5) is 4.79 Å². The van der Waals surface area contributed by atoms with E-state index in [9.17, 15) is 24.9 Å². The maximum absolute atomic E-state index is 12.9.